The van der Waals surface area contributed by atoms with Crippen LogP contribution in [0.5, 0.6) is 5.75 Å². The molecule has 1 atom stereocenters. The Morgan fingerprint density at radius 3 is 3.06 bits per heavy atom. The summed E-state index contributed by atoms with van der Waals surface area (Å²) in [7, 11) is 0. The fourth-order valence-corrected chi connectivity index (χ4v) is 1.54. The Labute approximate surface area is 98.6 Å². The number of ketones is 1. The predicted molar refractivity (Wildman–Crippen MR) is 62.4 cm³/mol. The summed E-state index contributed by atoms with van der Waals surface area (Å²) in [5.41, 5.74) is 1.27. The molecule has 0 bridgehead atoms. The minimum Gasteiger partial charge on any atom is -0.491 e. The van der Waals surface area contributed by atoms with E-state index in [0.717, 1.165) is 0 Å². The maximum atomic E-state index is 11.4. The van der Waals surface area contributed by atoms with E-state index >= 15 is 0 Å². The van der Waals surface area contributed by atoms with Gasteiger partial charge < -0.3 is 9.84 Å². The predicted octanol–water partition coefficient (Wildman–Crippen LogP) is 1.30. The Hall–Kier alpha value is -1.88. The van der Waals surface area contributed by atoms with Gasteiger partial charge >= 0.3 is 0 Å². The number of aliphatic hydroxyl groups is 1. The SMILES string of the molecule is CC(=O)c1cnn2ccc(OCC(C)O)cc12. The van der Waals surface area contributed by atoms with Gasteiger partial charge in [-0.15, -0.1) is 0 Å². The highest BCUT2D eigenvalue weighted by Gasteiger charge is 2.09. The summed E-state index contributed by atoms with van der Waals surface area (Å²) in [5.74, 6) is 0.578. The lowest BCUT2D eigenvalue weighted by Gasteiger charge is -2.08. The molecule has 2 heterocycles. The molecule has 0 spiro atoms. The molecular formula is C12H14N2O3. The van der Waals surface area contributed by atoms with Crippen LogP contribution in [0.2, 0.25) is 0 Å². The topological polar surface area (TPSA) is 63.8 Å². The third-order valence-electron chi connectivity index (χ3n) is 2.36. The fraction of sp³-hybridized carbons (Fsp3) is 0.333. The Morgan fingerprint density at radius 2 is 2.41 bits per heavy atom. The zero-order valence-corrected chi connectivity index (χ0v) is 9.75. The maximum Gasteiger partial charge on any atom is 0.163 e. The molecule has 2 aromatic rings. The Bertz CT molecular complexity index is 546. The van der Waals surface area contributed by atoms with Gasteiger partial charge in [0.25, 0.3) is 0 Å². The molecule has 0 aliphatic heterocycles. The molecule has 2 rings (SSSR count). The summed E-state index contributed by atoms with van der Waals surface area (Å²) in [6, 6.07) is 3.48. The number of carbonyl (C=O) groups excluding carboxylic acids is 1. The molecule has 0 amide bonds. The summed E-state index contributed by atoms with van der Waals surface area (Å²) in [6.45, 7) is 3.37. The number of aromatic nitrogens is 2. The number of nitrogens with zero attached hydrogens (tertiary/aromatic N) is 2. The average molecular weight is 234 g/mol. The molecule has 0 aromatic carbocycles. The van der Waals surface area contributed by atoms with Crippen molar-refractivity contribution in [2.45, 2.75) is 20.0 Å². The first-order chi connectivity index (χ1) is 8.08. The number of ether oxygens (including phenoxy) is 1. The molecule has 2 aromatic heterocycles. The van der Waals surface area contributed by atoms with Gasteiger partial charge in [0.15, 0.2) is 5.78 Å². The maximum absolute atomic E-state index is 11.4. The zero-order chi connectivity index (χ0) is 12.4. The van der Waals surface area contributed by atoms with Crippen molar-refractivity contribution in [1.29, 1.82) is 0 Å². The van der Waals surface area contributed by atoms with Crippen LogP contribution in [0, 0.1) is 0 Å². The molecule has 5 heteroatoms. The van der Waals surface area contributed by atoms with Crippen molar-refractivity contribution < 1.29 is 14.6 Å². The van der Waals surface area contributed by atoms with E-state index in [2.05, 4.69) is 5.10 Å². The highest BCUT2D eigenvalue weighted by Crippen LogP contribution is 2.18. The van der Waals surface area contributed by atoms with Crippen LogP contribution in [0.15, 0.2) is 24.5 Å². The summed E-state index contributed by atoms with van der Waals surface area (Å²) < 4.78 is 6.99. The van der Waals surface area contributed by atoms with E-state index in [9.17, 15) is 4.79 Å². The highest BCUT2D eigenvalue weighted by atomic mass is 16.5. The minimum absolute atomic E-state index is 0.0346. The highest BCUT2D eigenvalue weighted by molar-refractivity contribution is 6.00. The van der Waals surface area contributed by atoms with E-state index in [1.165, 1.54) is 13.1 Å². The smallest absolute Gasteiger partial charge is 0.163 e. The number of carbonyl (C=O) groups is 1. The van der Waals surface area contributed by atoms with Crippen molar-refractivity contribution in [3.8, 4) is 5.75 Å². The van der Waals surface area contributed by atoms with Gasteiger partial charge in [0.05, 0.1) is 23.4 Å². The fourth-order valence-electron chi connectivity index (χ4n) is 1.54. The van der Waals surface area contributed by atoms with Gasteiger partial charge in [-0.3, -0.25) is 4.79 Å². The second kappa shape index (κ2) is 4.55. The molecule has 0 aliphatic rings. The standard InChI is InChI=1S/C12H14N2O3/c1-8(15)7-17-10-3-4-14-12(5-10)11(6-13-14)9(2)16/h3-6,8,15H,7H2,1-2H3. The van der Waals surface area contributed by atoms with Gasteiger partial charge in [-0.2, -0.15) is 5.10 Å². The molecule has 1 N–H and O–H groups in total. The molecule has 0 saturated carbocycles. The molecule has 0 fully saturated rings. The number of hydrogen-bond donors (Lipinski definition) is 1. The van der Waals surface area contributed by atoms with E-state index in [4.69, 9.17) is 9.84 Å². The van der Waals surface area contributed by atoms with Crippen molar-refractivity contribution in [3.63, 3.8) is 0 Å². The largest absolute Gasteiger partial charge is 0.491 e. The van der Waals surface area contributed by atoms with Gasteiger partial charge in [-0.1, -0.05) is 0 Å². The van der Waals surface area contributed by atoms with Gasteiger partial charge in [-0.25, -0.2) is 4.52 Å². The van der Waals surface area contributed by atoms with E-state index in [1.807, 2.05) is 0 Å². The number of fused-ring (bicyclic) bond motifs is 1. The summed E-state index contributed by atoms with van der Waals surface area (Å²) in [6.07, 6.45) is 2.73. The van der Waals surface area contributed by atoms with Crippen molar-refractivity contribution >= 4 is 11.3 Å². The van der Waals surface area contributed by atoms with Crippen LogP contribution in [-0.2, 0) is 0 Å². The Kier molecular flexibility index (Phi) is 3.10. The first-order valence-electron chi connectivity index (χ1n) is 5.37. The summed E-state index contributed by atoms with van der Waals surface area (Å²) >= 11 is 0. The molecule has 0 radical (unpaired) electrons. The number of hydrogen-bond acceptors (Lipinski definition) is 4. The molecule has 5 nitrogen and oxygen atoms in total. The van der Waals surface area contributed by atoms with Crippen LogP contribution in [0.4, 0.5) is 0 Å². The summed E-state index contributed by atoms with van der Waals surface area (Å²) in [4.78, 5) is 11.4. The first kappa shape index (κ1) is 11.6. The van der Waals surface area contributed by atoms with Crippen LogP contribution < -0.4 is 4.74 Å². The first-order valence-corrected chi connectivity index (χ1v) is 5.37. The quantitative estimate of drug-likeness (QED) is 0.810. The third-order valence-corrected chi connectivity index (χ3v) is 2.36. The van der Waals surface area contributed by atoms with Crippen molar-refractivity contribution in [2.24, 2.45) is 0 Å². The number of aliphatic hydroxyl groups excluding tert-OH is 1. The van der Waals surface area contributed by atoms with Gasteiger partial charge in [0.2, 0.25) is 0 Å². The molecule has 0 saturated heterocycles. The zero-order valence-electron chi connectivity index (χ0n) is 9.75. The Morgan fingerprint density at radius 1 is 1.65 bits per heavy atom. The number of pyridine rings is 1. The monoisotopic (exact) mass is 234 g/mol. The van der Waals surface area contributed by atoms with Crippen molar-refractivity contribution in [3.05, 3.63) is 30.1 Å². The van der Waals surface area contributed by atoms with Crippen LogP contribution in [-0.4, -0.2) is 33.2 Å². The molecule has 90 valence electrons. The van der Waals surface area contributed by atoms with E-state index in [0.29, 0.717) is 16.8 Å². The number of rotatable bonds is 4. The third kappa shape index (κ3) is 2.45. The lowest BCUT2D eigenvalue weighted by Crippen LogP contribution is -2.12. The lowest BCUT2D eigenvalue weighted by atomic mass is 10.2. The molecule has 17 heavy (non-hydrogen) atoms. The van der Waals surface area contributed by atoms with Crippen LogP contribution in [0.25, 0.3) is 5.52 Å². The second-order valence-corrected chi connectivity index (χ2v) is 3.97. The Balaban J connectivity index is 2.34. The summed E-state index contributed by atoms with van der Waals surface area (Å²) in [5, 5.41) is 13.2. The second-order valence-electron chi connectivity index (χ2n) is 3.97. The minimum atomic E-state index is -0.525. The van der Waals surface area contributed by atoms with Crippen molar-refractivity contribution in [1.82, 2.24) is 9.61 Å². The van der Waals surface area contributed by atoms with E-state index in [1.54, 1.807) is 29.8 Å². The van der Waals surface area contributed by atoms with Crippen molar-refractivity contribution in [2.75, 3.05) is 6.61 Å². The molecular weight excluding hydrogens is 220 g/mol. The van der Waals surface area contributed by atoms with Crippen LogP contribution in [0.3, 0.4) is 0 Å². The number of Topliss-reactive ketones (excluding diaryl/α,β-unsaturated/α-hetero) is 1. The van der Waals surface area contributed by atoms with Gasteiger partial charge in [0, 0.05) is 12.3 Å². The lowest BCUT2D eigenvalue weighted by molar-refractivity contribution is 0.101. The average Bonchev–Trinajstić information content (AvgIpc) is 2.69. The van der Waals surface area contributed by atoms with E-state index < -0.39 is 6.10 Å². The van der Waals surface area contributed by atoms with Gasteiger partial charge in [0.1, 0.15) is 12.4 Å². The van der Waals surface area contributed by atoms with Gasteiger partial charge in [-0.05, 0) is 19.9 Å². The molecule has 1 unspecified atom stereocenters. The van der Waals surface area contributed by atoms with Crippen LogP contribution in [0.1, 0.15) is 24.2 Å². The molecule has 0 aliphatic carbocycles. The normalized spacial score (nSPS) is 12.6. The van der Waals surface area contributed by atoms with Crippen LogP contribution >= 0.6 is 0 Å². The van der Waals surface area contributed by atoms with E-state index in [-0.39, 0.29) is 12.4 Å².